The van der Waals surface area contributed by atoms with Gasteiger partial charge in [0.1, 0.15) is 0 Å². The lowest BCUT2D eigenvalue weighted by molar-refractivity contribution is 0.180. The average Bonchev–Trinajstić information content (AvgIpc) is 1.63. The maximum Gasteiger partial charge on any atom is 0.0490 e. The second-order valence-electron chi connectivity index (χ2n) is 3.04. The minimum atomic E-state index is -0.795. The molecule has 0 amide bonds. The molecule has 3 heteroatoms. The lowest BCUT2D eigenvalue weighted by Gasteiger charge is -2.18. The summed E-state index contributed by atoms with van der Waals surface area (Å²) in [6.07, 6.45) is 1.65. The first-order valence-corrected chi connectivity index (χ1v) is 4.61. The lowest BCUT2D eigenvalue weighted by Crippen LogP contribution is -2.23. The van der Waals surface area contributed by atoms with Crippen LogP contribution in [0.4, 0.5) is 0 Å². The summed E-state index contributed by atoms with van der Waals surface area (Å²) in [6.45, 7) is 3.90. The first-order valence-electron chi connectivity index (χ1n) is 2.89. The normalized spacial score (nSPS) is 15.6. The molecular weight excluding hydrogens is 136 g/mol. The van der Waals surface area contributed by atoms with Crippen LogP contribution in [0.2, 0.25) is 0 Å². The Kier molecular flexibility index (Phi) is 3.36. The maximum absolute atomic E-state index is 10.6. The highest BCUT2D eigenvalue weighted by Crippen LogP contribution is 2.13. The summed E-state index contributed by atoms with van der Waals surface area (Å²) < 4.78 is 10.6. The van der Waals surface area contributed by atoms with Crippen molar-refractivity contribution in [2.45, 2.75) is 13.8 Å². The van der Waals surface area contributed by atoms with Crippen molar-refractivity contribution in [2.24, 2.45) is 5.41 Å². The summed E-state index contributed by atoms with van der Waals surface area (Å²) in [5.74, 6) is 0.573. The van der Waals surface area contributed by atoms with Crippen LogP contribution in [0, 0.1) is 5.41 Å². The topological polar surface area (TPSA) is 37.3 Å². The molecule has 1 unspecified atom stereocenters. The van der Waals surface area contributed by atoms with Gasteiger partial charge >= 0.3 is 0 Å². The highest BCUT2D eigenvalue weighted by molar-refractivity contribution is 7.84. The molecular formula is C6H14O2S. The number of aliphatic hydroxyl groups is 1. The number of hydrogen-bond acceptors (Lipinski definition) is 2. The van der Waals surface area contributed by atoms with E-state index in [1.165, 1.54) is 0 Å². The van der Waals surface area contributed by atoms with E-state index in [1.54, 1.807) is 6.26 Å². The Morgan fingerprint density at radius 1 is 1.56 bits per heavy atom. The third-order valence-corrected chi connectivity index (χ3v) is 2.21. The third-order valence-electron chi connectivity index (χ3n) is 1.02. The van der Waals surface area contributed by atoms with Gasteiger partial charge in [0.25, 0.3) is 0 Å². The van der Waals surface area contributed by atoms with Crippen molar-refractivity contribution in [3.63, 3.8) is 0 Å². The largest absolute Gasteiger partial charge is 0.396 e. The molecule has 0 aromatic carbocycles. The van der Waals surface area contributed by atoms with Crippen LogP contribution in [-0.4, -0.2) is 27.9 Å². The minimum Gasteiger partial charge on any atom is -0.396 e. The molecule has 0 heterocycles. The molecule has 0 radical (unpaired) electrons. The molecule has 0 saturated heterocycles. The summed E-state index contributed by atoms with van der Waals surface area (Å²) >= 11 is 0. The van der Waals surface area contributed by atoms with Crippen molar-refractivity contribution in [1.29, 1.82) is 0 Å². The van der Waals surface area contributed by atoms with E-state index in [1.807, 2.05) is 13.8 Å². The fraction of sp³-hybridized carbons (Fsp3) is 1.00. The van der Waals surface area contributed by atoms with Crippen molar-refractivity contribution in [2.75, 3.05) is 18.6 Å². The van der Waals surface area contributed by atoms with Crippen molar-refractivity contribution < 1.29 is 9.32 Å². The van der Waals surface area contributed by atoms with E-state index in [0.29, 0.717) is 5.75 Å². The van der Waals surface area contributed by atoms with Crippen LogP contribution in [0.1, 0.15) is 13.8 Å². The van der Waals surface area contributed by atoms with Crippen molar-refractivity contribution in [3.8, 4) is 0 Å². The van der Waals surface area contributed by atoms with Crippen LogP contribution < -0.4 is 0 Å². The molecule has 0 aliphatic heterocycles. The van der Waals surface area contributed by atoms with Crippen molar-refractivity contribution >= 4 is 10.8 Å². The van der Waals surface area contributed by atoms with Crippen LogP contribution in [0.5, 0.6) is 0 Å². The van der Waals surface area contributed by atoms with Gasteiger partial charge in [-0.05, 0) is 5.41 Å². The van der Waals surface area contributed by atoms with Gasteiger partial charge in [0.05, 0.1) is 0 Å². The third kappa shape index (κ3) is 4.60. The summed E-state index contributed by atoms with van der Waals surface area (Å²) in [4.78, 5) is 0. The van der Waals surface area contributed by atoms with E-state index >= 15 is 0 Å². The second kappa shape index (κ2) is 3.32. The molecule has 0 aliphatic rings. The molecule has 1 N–H and O–H groups in total. The Morgan fingerprint density at radius 3 is 2.11 bits per heavy atom. The fourth-order valence-corrected chi connectivity index (χ4v) is 1.79. The molecule has 0 saturated carbocycles. The van der Waals surface area contributed by atoms with Gasteiger partial charge in [-0.3, -0.25) is 4.21 Å². The van der Waals surface area contributed by atoms with E-state index in [2.05, 4.69) is 0 Å². The molecule has 0 aliphatic carbocycles. The van der Waals surface area contributed by atoms with Gasteiger partial charge in [0, 0.05) is 29.4 Å². The molecule has 0 fully saturated rings. The van der Waals surface area contributed by atoms with Gasteiger partial charge < -0.3 is 5.11 Å². The highest BCUT2D eigenvalue weighted by Gasteiger charge is 2.17. The van der Waals surface area contributed by atoms with E-state index < -0.39 is 10.8 Å². The van der Waals surface area contributed by atoms with E-state index in [4.69, 9.17) is 5.11 Å². The Balaban J connectivity index is 3.71. The Labute approximate surface area is 58.7 Å². The van der Waals surface area contributed by atoms with Crippen LogP contribution >= 0.6 is 0 Å². The molecule has 9 heavy (non-hydrogen) atoms. The standard InChI is InChI=1S/C6H14O2S/c1-6(2,4-7)5-9(3)8/h7H,4-5H2,1-3H3. The van der Waals surface area contributed by atoms with E-state index in [-0.39, 0.29) is 12.0 Å². The molecule has 0 aromatic heterocycles. The number of aliphatic hydroxyl groups excluding tert-OH is 1. The average molecular weight is 150 g/mol. The van der Waals surface area contributed by atoms with E-state index in [0.717, 1.165) is 0 Å². The highest BCUT2D eigenvalue weighted by atomic mass is 32.2. The molecule has 0 spiro atoms. The van der Waals surface area contributed by atoms with Gasteiger partial charge in [0.2, 0.25) is 0 Å². The van der Waals surface area contributed by atoms with E-state index in [9.17, 15) is 4.21 Å². The molecule has 0 aromatic rings. The molecule has 0 bridgehead atoms. The molecule has 0 rings (SSSR count). The monoisotopic (exact) mass is 150 g/mol. The van der Waals surface area contributed by atoms with Crippen molar-refractivity contribution in [1.82, 2.24) is 0 Å². The summed E-state index contributed by atoms with van der Waals surface area (Å²) in [5, 5.41) is 8.71. The predicted octanol–water partition coefficient (Wildman–Crippen LogP) is 0.383. The molecule has 1 atom stereocenters. The quantitative estimate of drug-likeness (QED) is 0.631. The zero-order valence-corrected chi connectivity index (χ0v) is 6.99. The number of rotatable bonds is 3. The summed E-state index contributed by atoms with van der Waals surface area (Å²) in [6, 6.07) is 0. The Morgan fingerprint density at radius 2 is 2.00 bits per heavy atom. The smallest absolute Gasteiger partial charge is 0.0490 e. The first kappa shape index (κ1) is 9.11. The molecule has 2 nitrogen and oxygen atoms in total. The SMILES string of the molecule is CS(=O)CC(C)(C)CO. The maximum atomic E-state index is 10.6. The zero-order valence-electron chi connectivity index (χ0n) is 6.18. The van der Waals surface area contributed by atoms with Gasteiger partial charge in [-0.2, -0.15) is 0 Å². The summed E-state index contributed by atoms with van der Waals surface area (Å²) in [5.41, 5.74) is -0.181. The van der Waals surface area contributed by atoms with Crippen molar-refractivity contribution in [3.05, 3.63) is 0 Å². The lowest BCUT2D eigenvalue weighted by atomic mass is 9.98. The predicted molar refractivity (Wildman–Crippen MR) is 39.8 cm³/mol. The van der Waals surface area contributed by atoms with Gasteiger partial charge in [-0.15, -0.1) is 0 Å². The van der Waals surface area contributed by atoms with Gasteiger partial charge in [-0.1, -0.05) is 13.8 Å². The minimum absolute atomic E-state index is 0.104. The zero-order chi connectivity index (χ0) is 7.49. The molecule has 56 valence electrons. The van der Waals surface area contributed by atoms with Gasteiger partial charge in [0.15, 0.2) is 0 Å². The first-order chi connectivity index (χ1) is 3.98. The Hall–Kier alpha value is 0.110. The second-order valence-corrected chi connectivity index (χ2v) is 4.47. The van der Waals surface area contributed by atoms with Crippen LogP contribution in [0.3, 0.4) is 0 Å². The fourth-order valence-electron chi connectivity index (χ4n) is 0.596. The van der Waals surface area contributed by atoms with Crippen LogP contribution in [0.15, 0.2) is 0 Å². The number of hydrogen-bond donors (Lipinski definition) is 1. The van der Waals surface area contributed by atoms with Crippen LogP contribution in [-0.2, 0) is 10.8 Å². The summed E-state index contributed by atoms with van der Waals surface area (Å²) in [7, 11) is -0.795. The van der Waals surface area contributed by atoms with Gasteiger partial charge in [-0.25, -0.2) is 0 Å². The van der Waals surface area contributed by atoms with Crippen LogP contribution in [0.25, 0.3) is 0 Å². The Bertz CT molecular complexity index is 110.